The van der Waals surface area contributed by atoms with Crippen molar-refractivity contribution in [2.24, 2.45) is 4.99 Å². The lowest BCUT2D eigenvalue weighted by molar-refractivity contribution is -0.139. The number of aliphatic imine (C=N–C) groups is 1. The smallest absolute Gasteiger partial charge is 0.341 e. The molecule has 0 amide bonds. The fourth-order valence-electron chi connectivity index (χ4n) is 1.75. The first-order valence-corrected chi connectivity index (χ1v) is 6.24. The number of hydrogen-bond donors (Lipinski definition) is 0. The monoisotopic (exact) mass is 294 g/mol. The van der Waals surface area contributed by atoms with Gasteiger partial charge < -0.3 is 4.74 Å². The molecule has 0 N–H and O–H groups in total. The summed E-state index contributed by atoms with van der Waals surface area (Å²) in [5, 5.41) is 0. The summed E-state index contributed by atoms with van der Waals surface area (Å²) < 4.78 is 29.7. The SMILES string of the molecule is CCOC(=O)C1=CC(c2ccc(C(F)F)nc2)=NCC1=O. The normalized spacial score (nSPS) is 14.8. The van der Waals surface area contributed by atoms with Gasteiger partial charge in [-0.2, -0.15) is 0 Å². The van der Waals surface area contributed by atoms with Crippen LogP contribution in [0.25, 0.3) is 0 Å². The Morgan fingerprint density at radius 2 is 2.19 bits per heavy atom. The van der Waals surface area contributed by atoms with Crippen LogP contribution in [0.5, 0.6) is 0 Å². The van der Waals surface area contributed by atoms with Gasteiger partial charge in [-0.05, 0) is 25.1 Å². The fraction of sp³-hybridized carbons (Fsp3) is 0.286. The van der Waals surface area contributed by atoms with Gasteiger partial charge in [0.15, 0.2) is 5.78 Å². The van der Waals surface area contributed by atoms with Gasteiger partial charge in [-0.25, -0.2) is 13.6 Å². The average Bonchev–Trinajstić information content (AvgIpc) is 2.48. The number of Topliss-reactive ketones (excluding diaryl/α,β-unsaturated/α-hetero) is 1. The number of alkyl halides is 2. The summed E-state index contributed by atoms with van der Waals surface area (Å²) in [6.45, 7) is 1.60. The molecule has 0 saturated carbocycles. The maximum absolute atomic E-state index is 12.4. The number of aromatic nitrogens is 1. The summed E-state index contributed by atoms with van der Waals surface area (Å²) >= 11 is 0. The molecule has 21 heavy (non-hydrogen) atoms. The molecule has 0 radical (unpaired) electrons. The van der Waals surface area contributed by atoms with Gasteiger partial charge in [0, 0.05) is 11.8 Å². The van der Waals surface area contributed by atoms with Crippen LogP contribution in [-0.4, -0.2) is 35.6 Å². The highest BCUT2D eigenvalue weighted by molar-refractivity contribution is 6.26. The maximum atomic E-state index is 12.4. The van der Waals surface area contributed by atoms with E-state index in [9.17, 15) is 18.4 Å². The molecule has 0 fully saturated rings. The van der Waals surface area contributed by atoms with Gasteiger partial charge >= 0.3 is 5.97 Å². The predicted molar refractivity (Wildman–Crippen MR) is 70.3 cm³/mol. The van der Waals surface area contributed by atoms with Crippen molar-refractivity contribution in [3.63, 3.8) is 0 Å². The van der Waals surface area contributed by atoms with Crippen LogP contribution in [-0.2, 0) is 14.3 Å². The Morgan fingerprint density at radius 1 is 1.43 bits per heavy atom. The first-order valence-electron chi connectivity index (χ1n) is 6.24. The van der Waals surface area contributed by atoms with Gasteiger partial charge in [-0.3, -0.25) is 14.8 Å². The molecule has 0 aromatic carbocycles. The molecule has 2 heterocycles. The number of pyridine rings is 1. The van der Waals surface area contributed by atoms with E-state index >= 15 is 0 Å². The highest BCUT2D eigenvalue weighted by Gasteiger charge is 2.24. The summed E-state index contributed by atoms with van der Waals surface area (Å²) in [5.74, 6) is -1.15. The minimum atomic E-state index is -2.65. The zero-order valence-electron chi connectivity index (χ0n) is 11.2. The predicted octanol–water partition coefficient (Wildman–Crippen LogP) is 1.88. The number of allylic oxidation sites excluding steroid dienone is 1. The lowest BCUT2D eigenvalue weighted by atomic mass is 10.0. The second-order valence-electron chi connectivity index (χ2n) is 4.18. The summed E-state index contributed by atoms with van der Waals surface area (Å²) in [5.41, 5.74) is 0.347. The van der Waals surface area contributed by atoms with E-state index in [0.29, 0.717) is 11.3 Å². The Labute approximate surface area is 119 Å². The summed E-state index contributed by atoms with van der Waals surface area (Å²) in [6.07, 6.45) is -0.127. The van der Waals surface area contributed by atoms with Crippen molar-refractivity contribution in [2.75, 3.05) is 13.2 Å². The molecular formula is C14H12F2N2O3. The lowest BCUT2D eigenvalue weighted by Gasteiger charge is -2.11. The van der Waals surface area contributed by atoms with E-state index in [1.54, 1.807) is 6.92 Å². The van der Waals surface area contributed by atoms with Crippen molar-refractivity contribution in [3.05, 3.63) is 41.2 Å². The van der Waals surface area contributed by atoms with E-state index in [1.165, 1.54) is 24.4 Å². The molecule has 0 aliphatic carbocycles. The number of carbonyl (C=O) groups is 2. The molecule has 110 valence electrons. The topological polar surface area (TPSA) is 68.6 Å². The maximum Gasteiger partial charge on any atom is 0.341 e. The molecule has 1 aliphatic heterocycles. The standard InChI is InChI=1S/C14H12F2N2O3/c1-2-21-14(20)9-5-11(18-7-12(9)19)8-3-4-10(13(15)16)17-6-8/h3-6,13H,2,7H2,1H3. The van der Waals surface area contributed by atoms with Gasteiger partial charge in [-0.15, -0.1) is 0 Å². The minimum absolute atomic E-state index is 0.0974. The van der Waals surface area contributed by atoms with Gasteiger partial charge in [0.05, 0.1) is 12.3 Å². The van der Waals surface area contributed by atoms with Crippen molar-refractivity contribution >= 4 is 17.5 Å². The molecule has 0 spiro atoms. The second kappa shape index (κ2) is 6.34. The van der Waals surface area contributed by atoms with Crippen molar-refractivity contribution in [3.8, 4) is 0 Å². The summed E-state index contributed by atoms with van der Waals surface area (Å²) in [4.78, 5) is 30.9. The number of ketones is 1. The van der Waals surface area contributed by atoms with Gasteiger partial charge in [0.2, 0.25) is 0 Å². The van der Waals surface area contributed by atoms with Crippen LogP contribution < -0.4 is 0 Å². The quantitative estimate of drug-likeness (QED) is 0.628. The number of hydrogen-bond acceptors (Lipinski definition) is 5. The van der Waals surface area contributed by atoms with Crippen LogP contribution in [0.3, 0.4) is 0 Å². The largest absolute Gasteiger partial charge is 0.462 e. The lowest BCUT2D eigenvalue weighted by Crippen LogP contribution is -2.23. The number of carbonyl (C=O) groups excluding carboxylic acids is 2. The Morgan fingerprint density at radius 3 is 2.76 bits per heavy atom. The molecule has 0 bridgehead atoms. The van der Waals surface area contributed by atoms with E-state index in [2.05, 4.69) is 9.98 Å². The van der Waals surface area contributed by atoms with Crippen LogP contribution >= 0.6 is 0 Å². The van der Waals surface area contributed by atoms with E-state index in [-0.39, 0.29) is 24.4 Å². The number of rotatable bonds is 4. The molecule has 0 saturated heterocycles. The molecule has 5 nitrogen and oxygen atoms in total. The number of halogens is 2. The fourth-order valence-corrected chi connectivity index (χ4v) is 1.75. The second-order valence-corrected chi connectivity index (χ2v) is 4.18. The van der Waals surface area contributed by atoms with Gasteiger partial charge in [0.1, 0.15) is 17.8 Å². The molecule has 1 aromatic heterocycles. The summed E-state index contributed by atoms with van der Waals surface area (Å²) in [6, 6.07) is 2.60. The van der Waals surface area contributed by atoms with Crippen molar-refractivity contribution in [1.82, 2.24) is 4.98 Å². The highest BCUT2D eigenvalue weighted by atomic mass is 19.3. The van der Waals surface area contributed by atoms with E-state index in [4.69, 9.17) is 4.74 Å². The van der Waals surface area contributed by atoms with E-state index in [0.717, 1.165) is 0 Å². The molecule has 0 unspecified atom stereocenters. The number of ether oxygens (including phenoxy) is 1. The molecule has 1 aromatic rings. The van der Waals surface area contributed by atoms with Gasteiger partial charge in [-0.1, -0.05) is 0 Å². The Balaban J connectivity index is 2.27. The van der Waals surface area contributed by atoms with Crippen LogP contribution in [0, 0.1) is 0 Å². The van der Waals surface area contributed by atoms with Gasteiger partial charge in [0.25, 0.3) is 6.43 Å². The Hall–Kier alpha value is -2.44. The van der Waals surface area contributed by atoms with E-state index < -0.39 is 18.2 Å². The third-order valence-electron chi connectivity index (χ3n) is 2.78. The van der Waals surface area contributed by atoms with Crippen LogP contribution in [0.1, 0.15) is 24.6 Å². The Bertz CT molecular complexity index is 622. The molecule has 2 rings (SSSR count). The molecule has 0 atom stereocenters. The zero-order chi connectivity index (χ0) is 15.4. The number of dihydropyridines is 1. The number of esters is 1. The molecule has 7 heteroatoms. The molecular weight excluding hydrogens is 282 g/mol. The molecule has 1 aliphatic rings. The zero-order valence-corrected chi connectivity index (χ0v) is 11.2. The third-order valence-corrected chi connectivity index (χ3v) is 2.78. The van der Waals surface area contributed by atoms with Crippen molar-refractivity contribution in [2.45, 2.75) is 13.3 Å². The Kier molecular flexibility index (Phi) is 4.52. The van der Waals surface area contributed by atoms with Crippen LogP contribution in [0.2, 0.25) is 0 Å². The number of nitrogens with zero attached hydrogens (tertiary/aromatic N) is 2. The minimum Gasteiger partial charge on any atom is -0.462 e. The summed E-state index contributed by atoms with van der Waals surface area (Å²) in [7, 11) is 0. The van der Waals surface area contributed by atoms with Crippen molar-refractivity contribution < 1.29 is 23.1 Å². The third kappa shape index (κ3) is 3.36. The van der Waals surface area contributed by atoms with Crippen LogP contribution in [0.4, 0.5) is 8.78 Å². The highest BCUT2D eigenvalue weighted by Crippen LogP contribution is 2.17. The first kappa shape index (κ1) is 15.0. The van der Waals surface area contributed by atoms with Crippen LogP contribution in [0.15, 0.2) is 35.0 Å². The first-order chi connectivity index (χ1) is 10.0. The average molecular weight is 294 g/mol. The van der Waals surface area contributed by atoms with Crippen molar-refractivity contribution in [1.29, 1.82) is 0 Å². The van der Waals surface area contributed by atoms with E-state index in [1.807, 2.05) is 0 Å².